The first-order chi connectivity index (χ1) is 13.3. The highest BCUT2D eigenvalue weighted by molar-refractivity contribution is 5.95. The Kier molecular flexibility index (Phi) is 5.62. The van der Waals surface area contributed by atoms with Crippen molar-refractivity contribution in [1.29, 1.82) is 0 Å². The van der Waals surface area contributed by atoms with Crippen LogP contribution in [0.5, 0.6) is 0 Å². The Morgan fingerprint density at radius 1 is 1.11 bits per heavy atom. The molecule has 1 aliphatic heterocycles. The predicted octanol–water partition coefficient (Wildman–Crippen LogP) is 2.77. The van der Waals surface area contributed by atoms with Crippen LogP contribution in [0.2, 0.25) is 0 Å². The molecule has 1 saturated heterocycles. The highest BCUT2D eigenvalue weighted by Gasteiger charge is 2.31. The van der Waals surface area contributed by atoms with Gasteiger partial charge in [-0.05, 0) is 37.3 Å². The molecule has 9 heteroatoms. The number of amides is 2. The van der Waals surface area contributed by atoms with Gasteiger partial charge in [-0.3, -0.25) is 9.59 Å². The minimum absolute atomic E-state index is 0.119. The van der Waals surface area contributed by atoms with Crippen molar-refractivity contribution in [3.63, 3.8) is 0 Å². The van der Waals surface area contributed by atoms with E-state index in [1.165, 1.54) is 18.4 Å². The van der Waals surface area contributed by atoms with Crippen LogP contribution >= 0.6 is 0 Å². The van der Waals surface area contributed by atoms with Gasteiger partial charge in [-0.1, -0.05) is 6.07 Å². The van der Waals surface area contributed by atoms with E-state index in [0.29, 0.717) is 31.9 Å². The summed E-state index contributed by atoms with van der Waals surface area (Å²) in [7, 11) is 0. The SMILES string of the molecule is CC(NC(=O)c1ccco1)C(=O)N1CCN(c2cccc(C(F)(F)F)c2)CC1. The largest absolute Gasteiger partial charge is 0.459 e. The number of halogens is 3. The quantitative estimate of drug-likeness (QED) is 0.865. The molecule has 1 unspecified atom stereocenters. The molecule has 2 heterocycles. The van der Waals surface area contributed by atoms with Gasteiger partial charge in [0.15, 0.2) is 5.76 Å². The molecule has 0 aliphatic carbocycles. The minimum Gasteiger partial charge on any atom is -0.459 e. The highest BCUT2D eigenvalue weighted by atomic mass is 19.4. The van der Waals surface area contributed by atoms with E-state index in [0.717, 1.165) is 12.1 Å². The molecule has 0 spiro atoms. The Bertz CT molecular complexity index is 828. The molecule has 6 nitrogen and oxygen atoms in total. The van der Waals surface area contributed by atoms with Crippen molar-refractivity contribution in [2.45, 2.75) is 19.1 Å². The molecule has 2 amide bonds. The van der Waals surface area contributed by atoms with Crippen LogP contribution in [0.4, 0.5) is 18.9 Å². The topological polar surface area (TPSA) is 65.8 Å². The van der Waals surface area contributed by atoms with Crippen LogP contribution in [0.25, 0.3) is 0 Å². The van der Waals surface area contributed by atoms with Crippen LogP contribution in [-0.4, -0.2) is 48.9 Å². The lowest BCUT2D eigenvalue weighted by atomic mass is 10.1. The molecular formula is C19H20F3N3O3. The number of nitrogens with zero attached hydrogens (tertiary/aromatic N) is 2. The Balaban J connectivity index is 1.56. The maximum Gasteiger partial charge on any atom is 0.416 e. The van der Waals surface area contributed by atoms with Crippen LogP contribution in [0, 0.1) is 0 Å². The van der Waals surface area contributed by atoms with Crippen molar-refractivity contribution >= 4 is 17.5 Å². The number of carbonyl (C=O) groups is 2. The zero-order valence-electron chi connectivity index (χ0n) is 15.2. The monoisotopic (exact) mass is 395 g/mol. The number of alkyl halides is 3. The van der Waals surface area contributed by atoms with Gasteiger partial charge in [0.2, 0.25) is 5.91 Å². The van der Waals surface area contributed by atoms with E-state index in [2.05, 4.69) is 5.32 Å². The summed E-state index contributed by atoms with van der Waals surface area (Å²) in [6.45, 7) is 3.12. The van der Waals surface area contributed by atoms with E-state index in [1.54, 1.807) is 24.0 Å². The fourth-order valence-corrected chi connectivity index (χ4v) is 3.08. The van der Waals surface area contributed by atoms with Gasteiger partial charge >= 0.3 is 6.18 Å². The molecule has 1 aromatic heterocycles. The summed E-state index contributed by atoms with van der Waals surface area (Å²) in [5.41, 5.74) is -0.223. The second-order valence-corrected chi connectivity index (χ2v) is 6.53. The second kappa shape index (κ2) is 7.95. The maximum atomic E-state index is 12.9. The Hall–Kier alpha value is -2.97. The summed E-state index contributed by atoms with van der Waals surface area (Å²) in [5, 5.41) is 2.58. The predicted molar refractivity (Wildman–Crippen MR) is 95.9 cm³/mol. The third-order valence-electron chi connectivity index (χ3n) is 4.59. The summed E-state index contributed by atoms with van der Waals surface area (Å²) in [6.07, 6.45) is -3.02. The maximum absolute atomic E-state index is 12.9. The zero-order valence-corrected chi connectivity index (χ0v) is 15.2. The van der Waals surface area contributed by atoms with E-state index in [4.69, 9.17) is 4.42 Å². The summed E-state index contributed by atoms with van der Waals surface area (Å²) in [5.74, 6) is -0.605. The van der Waals surface area contributed by atoms with Crippen molar-refractivity contribution in [3.05, 3.63) is 54.0 Å². The van der Waals surface area contributed by atoms with Gasteiger partial charge in [0.05, 0.1) is 11.8 Å². The standard InChI is InChI=1S/C19H20F3N3O3/c1-13(23-17(26)16-6-3-11-28-16)18(27)25-9-7-24(8-10-25)15-5-2-4-14(12-15)19(20,21)22/h2-6,11-13H,7-10H2,1H3,(H,23,26). The molecule has 2 aromatic rings. The molecule has 3 rings (SSSR count). The number of piperazine rings is 1. The van der Waals surface area contributed by atoms with E-state index < -0.39 is 23.7 Å². The Morgan fingerprint density at radius 2 is 1.82 bits per heavy atom. The average molecular weight is 395 g/mol. The first kappa shape index (κ1) is 19.8. The third-order valence-corrected chi connectivity index (χ3v) is 4.59. The minimum atomic E-state index is -4.39. The molecule has 1 atom stereocenters. The molecule has 0 bridgehead atoms. The van der Waals surface area contributed by atoms with Gasteiger partial charge in [0.25, 0.3) is 5.91 Å². The number of furan rings is 1. The number of benzene rings is 1. The Labute approximate surface area is 159 Å². The average Bonchev–Trinajstić information content (AvgIpc) is 3.22. The third kappa shape index (κ3) is 4.47. The molecule has 0 saturated carbocycles. The highest BCUT2D eigenvalue weighted by Crippen LogP contribution is 2.31. The lowest BCUT2D eigenvalue weighted by molar-refractivity contribution is -0.137. The molecule has 1 aromatic carbocycles. The molecular weight excluding hydrogens is 375 g/mol. The van der Waals surface area contributed by atoms with E-state index in [1.807, 2.05) is 4.90 Å². The molecule has 1 N–H and O–H groups in total. The fraction of sp³-hybridized carbons (Fsp3) is 0.368. The first-order valence-electron chi connectivity index (χ1n) is 8.81. The summed E-state index contributed by atoms with van der Waals surface area (Å²) in [6, 6.07) is 7.49. The van der Waals surface area contributed by atoms with Crippen LogP contribution in [0.15, 0.2) is 47.1 Å². The van der Waals surface area contributed by atoms with Crippen molar-refractivity contribution in [2.75, 3.05) is 31.1 Å². The summed E-state index contributed by atoms with van der Waals surface area (Å²) in [4.78, 5) is 27.9. The summed E-state index contributed by atoms with van der Waals surface area (Å²) >= 11 is 0. The van der Waals surface area contributed by atoms with E-state index in [-0.39, 0.29) is 11.7 Å². The van der Waals surface area contributed by atoms with Crippen LogP contribution in [0.3, 0.4) is 0 Å². The number of nitrogens with one attached hydrogen (secondary N) is 1. The number of anilines is 1. The number of hydrogen-bond acceptors (Lipinski definition) is 4. The van der Waals surface area contributed by atoms with Gasteiger partial charge < -0.3 is 19.5 Å². The summed E-state index contributed by atoms with van der Waals surface area (Å²) < 4.78 is 43.7. The van der Waals surface area contributed by atoms with Crippen molar-refractivity contribution in [2.24, 2.45) is 0 Å². The molecule has 1 fully saturated rings. The van der Waals surface area contributed by atoms with Crippen LogP contribution in [-0.2, 0) is 11.0 Å². The number of hydrogen-bond donors (Lipinski definition) is 1. The van der Waals surface area contributed by atoms with Gasteiger partial charge in [0, 0.05) is 31.9 Å². The molecule has 150 valence electrons. The van der Waals surface area contributed by atoms with Gasteiger partial charge in [-0.25, -0.2) is 0 Å². The normalized spacial score (nSPS) is 16.0. The van der Waals surface area contributed by atoms with Gasteiger partial charge in [-0.15, -0.1) is 0 Å². The zero-order chi connectivity index (χ0) is 20.3. The Morgan fingerprint density at radius 3 is 2.43 bits per heavy atom. The van der Waals surface area contributed by atoms with Crippen LogP contribution < -0.4 is 10.2 Å². The smallest absolute Gasteiger partial charge is 0.416 e. The van der Waals surface area contributed by atoms with E-state index >= 15 is 0 Å². The van der Waals surface area contributed by atoms with E-state index in [9.17, 15) is 22.8 Å². The van der Waals surface area contributed by atoms with Gasteiger partial charge in [0.1, 0.15) is 6.04 Å². The fourth-order valence-electron chi connectivity index (χ4n) is 3.08. The lowest BCUT2D eigenvalue weighted by Gasteiger charge is -2.37. The van der Waals surface area contributed by atoms with Crippen molar-refractivity contribution in [1.82, 2.24) is 10.2 Å². The second-order valence-electron chi connectivity index (χ2n) is 6.53. The van der Waals surface area contributed by atoms with Gasteiger partial charge in [-0.2, -0.15) is 13.2 Å². The first-order valence-corrected chi connectivity index (χ1v) is 8.81. The lowest BCUT2D eigenvalue weighted by Crippen LogP contribution is -2.54. The number of rotatable bonds is 4. The van der Waals surface area contributed by atoms with Crippen molar-refractivity contribution in [3.8, 4) is 0 Å². The van der Waals surface area contributed by atoms with Crippen LogP contribution in [0.1, 0.15) is 23.0 Å². The molecule has 0 radical (unpaired) electrons. The molecule has 1 aliphatic rings. The van der Waals surface area contributed by atoms with Crippen molar-refractivity contribution < 1.29 is 27.2 Å². The molecule has 28 heavy (non-hydrogen) atoms. The number of carbonyl (C=O) groups excluding carboxylic acids is 2.